The number of esters is 3. The normalized spacial score (nSPS) is 12.9. The second kappa shape index (κ2) is 61.6. The van der Waals surface area contributed by atoms with Crippen molar-refractivity contribution in [1.29, 1.82) is 0 Å². The second-order valence-corrected chi connectivity index (χ2v) is 20.2. The Balaban J connectivity index is 4.41. The van der Waals surface area contributed by atoms with Crippen LogP contribution in [0.1, 0.15) is 284 Å². The molecule has 0 amide bonds. The number of unbranched alkanes of at least 4 members (excludes halogenated alkanes) is 26. The van der Waals surface area contributed by atoms with Gasteiger partial charge in [0.05, 0.1) is 0 Å². The summed E-state index contributed by atoms with van der Waals surface area (Å²) in [5.74, 6) is -0.921. The molecule has 0 saturated heterocycles. The summed E-state index contributed by atoms with van der Waals surface area (Å²) < 4.78 is 16.9. The SMILES string of the molecule is CC/C=C\C/C=C\C/C=C\C/C=C\C/C=C\CCCCCC(=O)OC(COC(=O)CCCCCCCCCCCC/C=C\C/C=C\C/C=C\C/C=C\CC)COC(=O)CCCCCCCCCCCCCCCC. The number of hydrogen-bond donors (Lipinski definition) is 0. The van der Waals surface area contributed by atoms with Gasteiger partial charge in [-0.25, -0.2) is 0 Å². The molecule has 1 unspecified atom stereocenters. The van der Waals surface area contributed by atoms with E-state index in [0.717, 1.165) is 122 Å². The van der Waals surface area contributed by atoms with Crippen molar-refractivity contribution in [2.45, 2.75) is 290 Å². The van der Waals surface area contributed by atoms with Crippen molar-refractivity contribution in [3.8, 4) is 0 Å². The third-order valence-corrected chi connectivity index (χ3v) is 13.0. The number of rotatable bonds is 55. The minimum Gasteiger partial charge on any atom is -0.462 e. The number of allylic oxidation sites excluding steroid dienone is 18. The van der Waals surface area contributed by atoms with E-state index in [9.17, 15) is 14.4 Å². The molecule has 1 atom stereocenters. The minimum absolute atomic E-state index is 0.0915. The van der Waals surface area contributed by atoms with E-state index >= 15 is 0 Å². The highest BCUT2D eigenvalue weighted by Crippen LogP contribution is 2.16. The first kappa shape index (κ1) is 70.1. The summed E-state index contributed by atoms with van der Waals surface area (Å²) >= 11 is 0. The fourth-order valence-electron chi connectivity index (χ4n) is 8.46. The molecule has 6 nitrogen and oxygen atoms in total. The molecule has 0 aromatic heterocycles. The quantitative estimate of drug-likeness (QED) is 0.0261. The molecule has 0 aliphatic rings. The molecule has 0 N–H and O–H groups in total. The van der Waals surface area contributed by atoms with E-state index in [1.54, 1.807) is 0 Å². The van der Waals surface area contributed by atoms with Gasteiger partial charge in [0.1, 0.15) is 13.2 Å². The Hall–Kier alpha value is -3.93. The van der Waals surface area contributed by atoms with E-state index in [1.165, 1.54) is 122 Å². The predicted octanol–water partition coefficient (Wildman–Crippen LogP) is 21.0. The molecular formula is C68H114O6. The maximum Gasteiger partial charge on any atom is 0.306 e. The molecule has 0 radical (unpaired) electrons. The third-order valence-electron chi connectivity index (χ3n) is 13.0. The molecule has 0 aliphatic carbocycles. The summed E-state index contributed by atoms with van der Waals surface area (Å²) in [6, 6.07) is 0. The van der Waals surface area contributed by atoms with Crippen LogP contribution in [0.4, 0.5) is 0 Å². The highest BCUT2D eigenvalue weighted by molar-refractivity contribution is 5.71. The maximum atomic E-state index is 12.9. The molecule has 0 bridgehead atoms. The van der Waals surface area contributed by atoms with Gasteiger partial charge in [-0.05, 0) is 103 Å². The number of hydrogen-bond acceptors (Lipinski definition) is 6. The van der Waals surface area contributed by atoms with Crippen LogP contribution in [0.2, 0.25) is 0 Å². The van der Waals surface area contributed by atoms with E-state index in [2.05, 4.69) is 130 Å². The zero-order chi connectivity index (χ0) is 53.6. The van der Waals surface area contributed by atoms with Crippen LogP contribution < -0.4 is 0 Å². The smallest absolute Gasteiger partial charge is 0.306 e. The van der Waals surface area contributed by atoms with Gasteiger partial charge >= 0.3 is 17.9 Å². The zero-order valence-electron chi connectivity index (χ0n) is 48.3. The van der Waals surface area contributed by atoms with Gasteiger partial charge in [-0.1, -0.05) is 271 Å². The largest absolute Gasteiger partial charge is 0.462 e. The van der Waals surface area contributed by atoms with E-state index in [4.69, 9.17) is 14.2 Å². The molecule has 6 heteroatoms. The van der Waals surface area contributed by atoms with Gasteiger partial charge in [0.15, 0.2) is 6.10 Å². The van der Waals surface area contributed by atoms with Crippen LogP contribution in [0.25, 0.3) is 0 Å². The van der Waals surface area contributed by atoms with Crippen molar-refractivity contribution in [3.63, 3.8) is 0 Å². The van der Waals surface area contributed by atoms with Gasteiger partial charge in [0.25, 0.3) is 0 Å². The first-order valence-electron chi connectivity index (χ1n) is 30.9. The molecule has 0 aromatic rings. The fraction of sp³-hybridized carbons (Fsp3) is 0.691. The van der Waals surface area contributed by atoms with E-state index in [1.807, 2.05) is 0 Å². The lowest BCUT2D eigenvalue weighted by Crippen LogP contribution is -2.30. The Morgan fingerprint density at radius 3 is 0.838 bits per heavy atom. The van der Waals surface area contributed by atoms with Gasteiger partial charge in [0, 0.05) is 19.3 Å². The Kier molecular flexibility index (Phi) is 58.3. The summed E-state index contributed by atoms with van der Waals surface area (Å²) in [7, 11) is 0. The number of carbonyl (C=O) groups excluding carboxylic acids is 3. The van der Waals surface area contributed by atoms with Crippen molar-refractivity contribution >= 4 is 17.9 Å². The number of ether oxygens (including phenoxy) is 3. The standard InChI is InChI=1S/C68H114O6/c1-4-7-10-13-16-19-22-25-28-30-32-33-34-35-37-38-40-43-46-49-52-55-58-61-67(70)73-64-65(63-72-66(69)60-57-54-51-48-45-42-27-24-21-18-15-12-9-6-3)74-68(71)62-59-56-53-50-47-44-41-39-36-31-29-26-23-20-17-14-11-8-5-2/h7-8,10-11,16-17,19-20,25-26,28-29,32-33,36,39,44,47,65H,4-6,9,12-15,18,21-24,27,30-31,34-35,37-38,40-43,45-46,48-64H2,1-3H3/b10-7-,11-8-,19-16-,20-17-,28-25-,29-26-,33-32-,39-36-,47-44-. The van der Waals surface area contributed by atoms with E-state index in [-0.39, 0.29) is 37.5 Å². The lowest BCUT2D eigenvalue weighted by Gasteiger charge is -2.18. The van der Waals surface area contributed by atoms with E-state index in [0.29, 0.717) is 12.8 Å². The third kappa shape index (κ3) is 59.0. The Labute approximate surface area is 457 Å². The molecule has 0 fully saturated rings. The molecule has 0 heterocycles. The molecule has 0 aromatic carbocycles. The fourth-order valence-corrected chi connectivity index (χ4v) is 8.46. The summed E-state index contributed by atoms with van der Waals surface area (Å²) in [4.78, 5) is 38.3. The molecule has 0 rings (SSSR count). The molecular weight excluding hydrogens is 913 g/mol. The van der Waals surface area contributed by atoms with Gasteiger partial charge in [-0.3, -0.25) is 14.4 Å². The predicted molar refractivity (Wildman–Crippen MR) is 320 cm³/mol. The van der Waals surface area contributed by atoms with Crippen LogP contribution in [-0.2, 0) is 28.6 Å². The van der Waals surface area contributed by atoms with Crippen LogP contribution in [0, 0.1) is 0 Å². The van der Waals surface area contributed by atoms with Gasteiger partial charge in [0.2, 0.25) is 0 Å². The van der Waals surface area contributed by atoms with Crippen LogP contribution in [0.5, 0.6) is 0 Å². The highest BCUT2D eigenvalue weighted by atomic mass is 16.6. The maximum absolute atomic E-state index is 12.9. The van der Waals surface area contributed by atoms with Crippen molar-refractivity contribution in [1.82, 2.24) is 0 Å². The Bertz CT molecular complexity index is 1510. The topological polar surface area (TPSA) is 78.9 Å². The summed E-state index contributed by atoms with van der Waals surface area (Å²) in [5.41, 5.74) is 0. The van der Waals surface area contributed by atoms with Gasteiger partial charge < -0.3 is 14.2 Å². The molecule has 0 aliphatic heterocycles. The van der Waals surface area contributed by atoms with Crippen molar-refractivity contribution in [2.24, 2.45) is 0 Å². The monoisotopic (exact) mass is 1030 g/mol. The summed E-state index contributed by atoms with van der Waals surface area (Å²) in [5, 5.41) is 0. The van der Waals surface area contributed by atoms with Crippen molar-refractivity contribution < 1.29 is 28.6 Å². The zero-order valence-corrected chi connectivity index (χ0v) is 48.3. The van der Waals surface area contributed by atoms with Crippen molar-refractivity contribution in [2.75, 3.05) is 13.2 Å². The van der Waals surface area contributed by atoms with E-state index < -0.39 is 6.10 Å². The molecule has 0 saturated carbocycles. The molecule has 0 spiro atoms. The lowest BCUT2D eigenvalue weighted by molar-refractivity contribution is -0.167. The van der Waals surface area contributed by atoms with Crippen LogP contribution in [0.3, 0.4) is 0 Å². The van der Waals surface area contributed by atoms with Crippen LogP contribution >= 0.6 is 0 Å². The van der Waals surface area contributed by atoms with Gasteiger partial charge in [-0.15, -0.1) is 0 Å². The average Bonchev–Trinajstić information content (AvgIpc) is 3.40. The summed E-state index contributed by atoms with van der Waals surface area (Å²) in [6.45, 7) is 6.40. The van der Waals surface area contributed by atoms with Crippen molar-refractivity contribution in [3.05, 3.63) is 109 Å². The van der Waals surface area contributed by atoms with Gasteiger partial charge in [-0.2, -0.15) is 0 Å². The van der Waals surface area contributed by atoms with Crippen LogP contribution in [0.15, 0.2) is 109 Å². The minimum atomic E-state index is -0.798. The highest BCUT2D eigenvalue weighted by Gasteiger charge is 2.19. The first-order valence-corrected chi connectivity index (χ1v) is 30.9. The first-order chi connectivity index (χ1) is 36.5. The second-order valence-electron chi connectivity index (χ2n) is 20.2. The number of carbonyl (C=O) groups is 3. The average molecular weight is 1030 g/mol. The summed E-state index contributed by atoms with van der Waals surface area (Å²) in [6.07, 6.45) is 83.7. The molecule has 74 heavy (non-hydrogen) atoms. The Morgan fingerprint density at radius 1 is 0.284 bits per heavy atom. The molecule has 422 valence electrons. The van der Waals surface area contributed by atoms with Crippen LogP contribution in [-0.4, -0.2) is 37.2 Å². The Morgan fingerprint density at radius 2 is 0.527 bits per heavy atom. The lowest BCUT2D eigenvalue weighted by atomic mass is 10.0.